The van der Waals surface area contributed by atoms with Crippen LogP contribution in [0.4, 0.5) is 5.82 Å². The number of hydrogen-bond donors (Lipinski definition) is 1. The van der Waals surface area contributed by atoms with Gasteiger partial charge in [0.2, 0.25) is 0 Å². The van der Waals surface area contributed by atoms with Gasteiger partial charge >= 0.3 is 0 Å². The fourth-order valence-corrected chi connectivity index (χ4v) is 3.16. The molecule has 0 unspecified atom stereocenters. The Morgan fingerprint density at radius 2 is 1.86 bits per heavy atom. The lowest BCUT2D eigenvalue weighted by Crippen LogP contribution is -2.34. The van der Waals surface area contributed by atoms with Gasteiger partial charge in [-0.1, -0.05) is 30.9 Å². The molecule has 0 aromatic carbocycles. The van der Waals surface area contributed by atoms with Crippen LogP contribution in [0.1, 0.15) is 49.7 Å². The third-order valence-electron chi connectivity index (χ3n) is 4.64. The minimum atomic E-state index is 0.495. The van der Waals surface area contributed by atoms with E-state index in [-0.39, 0.29) is 0 Å². The van der Waals surface area contributed by atoms with E-state index in [0.717, 1.165) is 42.5 Å². The molecule has 21 heavy (non-hydrogen) atoms. The first-order valence-corrected chi connectivity index (χ1v) is 8.41. The van der Waals surface area contributed by atoms with E-state index in [1.54, 1.807) is 0 Å². The highest BCUT2D eigenvalue weighted by molar-refractivity contribution is 6.30. The van der Waals surface area contributed by atoms with Crippen LogP contribution in [-0.4, -0.2) is 41.3 Å². The highest BCUT2D eigenvalue weighted by atomic mass is 35.5. The molecule has 0 radical (unpaired) electrons. The molecule has 4 nitrogen and oxygen atoms in total. The monoisotopic (exact) mass is 310 g/mol. The minimum absolute atomic E-state index is 0.495. The number of hydrogen-bond acceptors (Lipinski definition) is 4. The summed E-state index contributed by atoms with van der Waals surface area (Å²) in [4.78, 5) is 2.52. The van der Waals surface area contributed by atoms with Crippen LogP contribution in [-0.2, 0) is 0 Å². The van der Waals surface area contributed by atoms with Crippen LogP contribution in [0.3, 0.4) is 0 Å². The van der Waals surface area contributed by atoms with Crippen molar-refractivity contribution in [1.82, 2.24) is 15.1 Å². The van der Waals surface area contributed by atoms with E-state index in [2.05, 4.69) is 27.5 Å². The van der Waals surface area contributed by atoms with Crippen LogP contribution >= 0.6 is 11.6 Å². The summed E-state index contributed by atoms with van der Waals surface area (Å²) in [5.74, 6) is 0.859. The number of nitrogens with one attached hydrogen (secondary N) is 1. The Balaban J connectivity index is 1.73. The highest BCUT2D eigenvalue weighted by Crippen LogP contribution is 2.22. The summed E-state index contributed by atoms with van der Waals surface area (Å²) in [6, 6.07) is 0.790. The predicted molar refractivity (Wildman–Crippen MR) is 89.1 cm³/mol. The van der Waals surface area contributed by atoms with Gasteiger partial charge in [0.1, 0.15) is 0 Å². The molecule has 1 saturated carbocycles. The zero-order valence-corrected chi connectivity index (χ0v) is 14.2. The average molecular weight is 311 g/mol. The summed E-state index contributed by atoms with van der Waals surface area (Å²) in [6.07, 6.45) is 8.06. The zero-order chi connectivity index (χ0) is 15.2. The van der Waals surface area contributed by atoms with Crippen LogP contribution in [0.15, 0.2) is 0 Å². The highest BCUT2D eigenvalue weighted by Gasteiger charge is 2.17. The number of halogens is 1. The number of nitrogens with zero attached hydrogens (tertiary/aromatic N) is 3. The fourth-order valence-electron chi connectivity index (χ4n) is 2.98. The second-order valence-electron chi connectivity index (χ2n) is 6.14. The molecule has 1 aromatic heterocycles. The lowest BCUT2D eigenvalue weighted by atomic mass is 9.94. The van der Waals surface area contributed by atoms with Gasteiger partial charge in [-0.3, -0.25) is 0 Å². The second kappa shape index (κ2) is 7.95. The lowest BCUT2D eigenvalue weighted by Gasteiger charge is -2.31. The van der Waals surface area contributed by atoms with Crippen molar-refractivity contribution in [2.24, 2.45) is 0 Å². The molecule has 1 N–H and O–H groups in total. The Bertz CT molecular complexity index is 458. The van der Waals surface area contributed by atoms with E-state index >= 15 is 0 Å². The van der Waals surface area contributed by atoms with E-state index in [1.807, 2.05) is 13.8 Å². The molecule has 0 bridgehead atoms. The van der Waals surface area contributed by atoms with Gasteiger partial charge in [0.15, 0.2) is 11.0 Å². The van der Waals surface area contributed by atoms with Crippen molar-refractivity contribution < 1.29 is 0 Å². The van der Waals surface area contributed by atoms with Gasteiger partial charge in [0, 0.05) is 12.6 Å². The smallest absolute Gasteiger partial charge is 0.155 e. The number of anilines is 1. The van der Waals surface area contributed by atoms with Crippen molar-refractivity contribution in [3.8, 4) is 0 Å². The maximum atomic E-state index is 5.97. The van der Waals surface area contributed by atoms with E-state index in [0.29, 0.717) is 5.15 Å². The summed E-state index contributed by atoms with van der Waals surface area (Å²) in [7, 11) is 2.26. The predicted octanol–water partition coefficient (Wildman–Crippen LogP) is 3.81. The molecule has 0 spiro atoms. The van der Waals surface area contributed by atoms with Gasteiger partial charge in [0.05, 0.1) is 0 Å². The molecule has 1 heterocycles. The molecule has 1 aliphatic carbocycles. The van der Waals surface area contributed by atoms with Crippen molar-refractivity contribution in [2.45, 2.75) is 58.4 Å². The molecule has 1 aliphatic rings. The number of rotatable bonds is 6. The molecule has 5 heteroatoms. The van der Waals surface area contributed by atoms with Crippen molar-refractivity contribution in [3.05, 3.63) is 16.3 Å². The van der Waals surface area contributed by atoms with Crippen LogP contribution in [0.5, 0.6) is 0 Å². The van der Waals surface area contributed by atoms with E-state index in [4.69, 9.17) is 11.6 Å². The standard InChI is InChI=1S/C16H27ClN4/c1-12-13(2)16(20-19-15(12)17)18-10-7-11-21(3)14-8-5-4-6-9-14/h14H,4-11H2,1-3H3,(H,18,20). The molecule has 0 atom stereocenters. The second-order valence-corrected chi connectivity index (χ2v) is 6.50. The Morgan fingerprint density at radius 1 is 1.14 bits per heavy atom. The van der Waals surface area contributed by atoms with Gasteiger partial charge in [-0.05, 0) is 57.8 Å². The molecule has 0 amide bonds. The van der Waals surface area contributed by atoms with Crippen LogP contribution < -0.4 is 5.32 Å². The summed E-state index contributed by atoms with van der Waals surface area (Å²) in [6.45, 7) is 6.07. The molecular formula is C16H27ClN4. The summed E-state index contributed by atoms with van der Waals surface area (Å²) < 4.78 is 0. The molecule has 118 valence electrons. The summed E-state index contributed by atoms with van der Waals surface area (Å²) >= 11 is 5.97. The Kier molecular flexibility index (Phi) is 6.24. The maximum absolute atomic E-state index is 5.97. The molecule has 1 aromatic rings. The third-order valence-corrected chi connectivity index (χ3v) is 5.00. The van der Waals surface area contributed by atoms with E-state index in [1.165, 1.54) is 32.1 Å². The van der Waals surface area contributed by atoms with Gasteiger partial charge in [-0.2, -0.15) is 0 Å². The lowest BCUT2D eigenvalue weighted by molar-refractivity contribution is 0.191. The topological polar surface area (TPSA) is 41.1 Å². The minimum Gasteiger partial charge on any atom is -0.368 e. The largest absolute Gasteiger partial charge is 0.368 e. The molecule has 0 saturated heterocycles. The molecule has 1 fully saturated rings. The van der Waals surface area contributed by atoms with Crippen LogP contribution in [0.2, 0.25) is 5.15 Å². The zero-order valence-electron chi connectivity index (χ0n) is 13.5. The molecular weight excluding hydrogens is 284 g/mol. The maximum Gasteiger partial charge on any atom is 0.155 e. The molecule has 2 rings (SSSR count). The number of aromatic nitrogens is 2. The van der Waals surface area contributed by atoms with Gasteiger partial charge in [-0.25, -0.2) is 0 Å². The Hall–Kier alpha value is -0.870. The SMILES string of the molecule is Cc1c(Cl)nnc(NCCCN(C)C2CCCCC2)c1C. The van der Waals surface area contributed by atoms with Crippen LogP contribution in [0.25, 0.3) is 0 Å². The third kappa shape index (κ3) is 4.55. The molecule has 0 aliphatic heterocycles. The van der Waals surface area contributed by atoms with Crippen LogP contribution in [0, 0.1) is 13.8 Å². The van der Waals surface area contributed by atoms with Gasteiger partial charge < -0.3 is 10.2 Å². The first-order valence-electron chi connectivity index (χ1n) is 8.03. The van der Waals surface area contributed by atoms with Crippen molar-refractivity contribution in [1.29, 1.82) is 0 Å². The van der Waals surface area contributed by atoms with E-state index < -0.39 is 0 Å². The van der Waals surface area contributed by atoms with Gasteiger partial charge in [0.25, 0.3) is 0 Å². The van der Waals surface area contributed by atoms with Gasteiger partial charge in [-0.15, -0.1) is 10.2 Å². The van der Waals surface area contributed by atoms with E-state index in [9.17, 15) is 0 Å². The Labute approximate surface area is 133 Å². The normalized spacial score (nSPS) is 16.4. The first kappa shape index (κ1) is 16.5. The quantitative estimate of drug-likeness (QED) is 0.811. The summed E-state index contributed by atoms with van der Waals surface area (Å²) in [5, 5.41) is 12.0. The summed E-state index contributed by atoms with van der Waals surface area (Å²) in [5.41, 5.74) is 2.10. The first-order chi connectivity index (χ1) is 10.1. The van der Waals surface area contributed by atoms with Crippen molar-refractivity contribution in [2.75, 3.05) is 25.5 Å². The van der Waals surface area contributed by atoms with Crippen molar-refractivity contribution in [3.63, 3.8) is 0 Å². The Morgan fingerprint density at radius 3 is 2.57 bits per heavy atom. The fraction of sp³-hybridized carbons (Fsp3) is 0.750. The average Bonchev–Trinajstić information content (AvgIpc) is 2.51. The van der Waals surface area contributed by atoms with Crippen molar-refractivity contribution >= 4 is 17.4 Å².